The molecule has 17 heavy (non-hydrogen) atoms. The van der Waals surface area contributed by atoms with Gasteiger partial charge in [0.05, 0.1) is 19.2 Å². The molecule has 1 aromatic rings. The van der Waals surface area contributed by atoms with E-state index in [-0.39, 0.29) is 29.0 Å². The highest BCUT2D eigenvalue weighted by atomic mass is 19.1. The summed E-state index contributed by atoms with van der Waals surface area (Å²) in [5.41, 5.74) is 0.410. The van der Waals surface area contributed by atoms with E-state index in [0.717, 1.165) is 6.07 Å². The summed E-state index contributed by atoms with van der Waals surface area (Å²) >= 11 is 0. The van der Waals surface area contributed by atoms with Crippen molar-refractivity contribution < 1.29 is 18.7 Å². The summed E-state index contributed by atoms with van der Waals surface area (Å²) < 4.78 is 18.1. The van der Waals surface area contributed by atoms with Crippen molar-refractivity contribution in [2.24, 2.45) is 0 Å². The van der Waals surface area contributed by atoms with Gasteiger partial charge in [-0.25, -0.2) is 9.18 Å². The third-order valence-corrected chi connectivity index (χ3v) is 2.41. The normalized spacial score (nSPS) is 10.1. The van der Waals surface area contributed by atoms with Crippen molar-refractivity contribution in [1.29, 1.82) is 0 Å². The monoisotopic (exact) mass is 239 g/mol. The fourth-order valence-corrected chi connectivity index (χ4v) is 1.42. The van der Waals surface area contributed by atoms with Crippen LogP contribution in [0.2, 0.25) is 0 Å². The minimum atomic E-state index is -0.652. The Labute approximate surface area is 98.8 Å². The number of likely N-dealkylation sites (N-methyl/N-ethyl adjacent to an activating group) is 1. The number of benzene rings is 1. The van der Waals surface area contributed by atoms with Crippen molar-refractivity contribution in [3.63, 3.8) is 0 Å². The molecule has 0 bridgehead atoms. The van der Waals surface area contributed by atoms with Gasteiger partial charge in [0.15, 0.2) is 5.78 Å². The van der Waals surface area contributed by atoms with Crippen molar-refractivity contribution in [1.82, 2.24) is 5.32 Å². The summed E-state index contributed by atoms with van der Waals surface area (Å²) in [6, 6.07) is 2.48. The van der Waals surface area contributed by atoms with Crippen molar-refractivity contribution >= 4 is 11.8 Å². The smallest absolute Gasteiger partial charge is 0.338 e. The van der Waals surface area contributed by atoms with Crippen molar-refractivity contribution in [2.75, 3.05) is 20.7 Å². The van der Waals surface area contributed by atoms with Crippen molar-refractivity contribution in [2.45, 2.75) is 6.92 Å². The SMILES string of the molecule is CNCC(=O)c1cc(F)c(C)c(C(=O)OC)c1. The maximum atomic E-state index is 13.6. The predicted octanol–water partition coefficient (Wildman–Crippen LogP) is 1.32. The second kappa shape index (κ2) is 5.54. The highest BCUT2D eigenvalue weighted by Gasteiger charge is 2.17. The van der Waals surface area contributed by atoms with Gasteiger partial charge >= 0.3 is 5.97 Å². The third-order valence-electron chi connectivity index (χ3n) is 2.41. The molecule has 0 aliphatic carbocycles. The van der Waals surface area contributed by atoms with E-state index in [1.54, 1.807) is 7.05 Å². The molecule has 0 saturated carbocycles. The molecule has 0 aliphatic heterocycles. The third kappa shape index (κ3) is 2.88. The Morgan fingerprint density at radius 3 is 2.59 bits per heavy atom. The van der Waals surface area contributed by atoms with Crippen LogP contribution in [0.4, 0.5) is 4.39 Å². The average molecular weight is 239 g/mol. The standard InChI is InChI=1S/C12H14FNO3/c1-7-9(12(16)17-3)4-8(5-10(7)13)11(15)6-14-2/h4-5,14H,6H2,1-3H3. The summed E-state index contributed by atoms with van der Waals surface area (Å²) in [5.74, 6) is -1.52. The van der Waals surface area contributed by atoms with E-state index in [1.165, 1.54) is 20.1 Å². The van der Waals surface area contributed by atoms with Gasteiger partial charge in [0.25, 0.3) is 0 Å². The van der Waals surface area contributed by atoms with Crippen molar-refractivity contribution in [3.05, 3.63) is 34.6 Å². The Hall–Kier alpha value is -1.75. The highest BCUT2D eigenvalue weighted by Crippen LogP contribution is 2.17. The molecule has 0 atom stereocenters. The lowest BCUT2D eigenvalue weighted by atomic mass is 10.0. The van der Waals surface area contributed by atoms with E-state index in [2.05, 4.69) is 10.1 Å². The van der Waals surface area contributed by atoms with E-state index >= 15 is 0 Å². The zero-order valence-corrected chi connectivity index (χ0v) is 9.96. The fraction of sp³-hybridized carbons (Fsp3) is 0.333. The van der Waals surface area contributed by atoms with Gasteiger partial charge in [-0.3, -0.25) is 4.79 Å². The van der Waals surface area contributed by atoms with E-state index in [4.69, 9.17) is 0 Å². The molecule has 92 valence electrons. The van der Waals surface area contributed by atoms with Crippen LogP contribution in [0.1, 0.15) is 26.3 Å². The van der Waals surface area contributed by atoms with E-state index < -0.39 is 11.8 Å². The van der Waals surface area contributed by atoms with Crippen LogP contribution in [0.3, 0.4) is 0 Å². The molecule has 1 rings (SSSR count). The second-order valence-corrected chi connectivity index (χ2v) is 3.58. The molecule has 0 radical (unpaired) electrons. The minimum absolute atomic E-state index is 0.0759. The number of hydrogen-bond donors (Lipinski definition) is 1. The van der Waals surface area contributed by atoms with E-state index in [9.17, 15) is 14.0 Å². The molecule has 0 fully saturated rings. The number of nitrogens with one attached hydrogen (secondary N) is 1. The molecular formula is C12H14FNO3. The maximum absolute atomic E-state index is 13.6. The Kier molecular flexibility index (Phi) is 4.34. The first-order valence-electron chi connectivity index (χ1n) is 5.07. The van der Waals surface area contributed by atoms with Crippen LogP contribution in [0, 0.1) is 12.7 Å². The van der Waals surface area contributed by atoms with Crippen LogP contribution in [0.5, 0.6) is 0 Å². The summed E-state index contributed by atoms with van der Waals surface area (Å²) in [6.07, 6.45) is 0. The summed E-state index contributed by atoms with van der Waals surface area (Å²) in [6.45, 7) is 1.55. The van der Waals surface area contributed by atoms with Gasteiger partial charge < -0.3 is 10.1 Å². The first-order valence-corrected chi connectivity index (χ1v) is 5.07. The van der Waals surface area contributed by atoms with Crippen LogP contribution in [-0.2, 0) is 4.74 Å². The number of Topliss-reactive ketones (excluding diaryl/α,β-unsaturated/α-hetero) is 1. The van der Waals surface area contributed by atoms with Gasteiger partial charge in [0, 0.05) is 5.56 Å². The molecular weight excluding hydrogens is 225 g/mol. The largest absolute Gasteiger partial charge is 0.465 e. The molecule has 0 unspecified atom stereocenters. The maximum Gasteiger partial charge on any atom is 0.338 e. The number of methoxy groups -OCH3 is 1. The molecule has 0 heterocycles. The average Bonchev–Trinajstić information content (AvgIpc) is 2.31. The van der Waals surface area contributed by atoms with Gasteiger partial charge in [-0.15, -0.1) is 0 Å². The van der Waals surface area contributed by atoms with Gasteiger partial charge in [0.2, 0.25) is 0 Å². The van der Waals surface area contributed by atoms with Crippen LogP contribution >= 0.6 is 0 Å². The Balaban J connectivity index is 3.23. The summed E-state index contributed by atoms with van der Waals surface area (Å²) in [5, 5.41) is 2.67. The van der Waals surface area contributed by atoms with Crippen LogP contribution < -0.4 is 5.32 Å². The molecule has 0 saturated heterocycles. The Bertz CT molecular complexity index is 457. The number of esters is 1. The molecule has 5 heteroatoms. The van der Waals surface area contributed by atoms with E-state index in [0.29, 0.717) is 0 Å². The molecule has 4 nitrogen and oxygen atoms in total. The van der Waals surface area contributed by atoms with Gasteiger partial charge in [-0.1, -0.05) is 0 Å². The number of ether oxygens (including phenoxy) is 1. The lowest BCUT2D eigenvalue weighted by Gasteiger charge is -2.08. The quantitative estimate of drug-likeness (QED) is 0.636. The molecule has 1 N–H and O–H groups in total. The molecule has 0 aliphatic rings. The topological polar surface area (TPSA) is 55.4 Å². The van der Waals surface area contributed by atoms with Crippen LogP contribution in [0.15, 0.2) is 12.1 Å². The number of carbonyl (C=O) groups is 2. The van der Waals surface area contributed by atoms with Gasteiger partial charge in [0.1, 0.15) is 5.82 Å². The van der Waals surface area contributed by atoms with E-state index in [1.807, 2.05) is 0 Å². The Morgan fingerprint density at radius 2 is 2.06 bits per heavy atom. The predicted molar refractivity (Wildman–Crippen MR) is 60.7 cm³/mol. The number of rotatable bonds is 4. The van der Waals surface area contributed by atoms with Crippen LogP contribution in [-0.4, -0.2) is 32.5 Å². The zero-order valence-electron chi connectivity index (χ0n) is 9.96. The lowest BCUT2D eigenvalue weighted by Crippen LogP contribution is -2.19. The first-order chi connectivity index (χ1) is 8.01. The number of halogens is 1. The molecule has 0 spiro atoms. The lowest BCUT2D eigenvalue weighted by molar-refractivity contribution is 0.0599. The van der Waals surface area contributed by atoms with Crippen LogP contribution in [0.25, 0.3) is 0 Å². The summed E-state index contributed by atoms with van der Waals surface area (Å²) in [7, 11) is 2.82. The number of carbonyl (C=O) groups excluding carboxylic acids is 2. The van der Waals surface area contributed by atoms with Gasteiger partial charge in [-0.05, 0) is 31.7 Å². The minimum Gasteiger partial charge on any atom is -0.465 e. The fourth-order valence-electron chi connectivity index (χ4n) is 1.42. The molecule has 0 amide bonds. The van der Waals surface area contributed by atoms with Gasteiger partial charge in [-0.2, -0.15) is 0 Å². The summed E-state index contributed by atoms with van der Waals surface area (Å²) in [4.78, 5) is 23.0. The second-order valence-electron chi connectivity index (χ2n) is 3.58. The zero-order chi connectivity index (χ0) is 13.0. The Morgan fingerprint density at radius 1 is 1.41 bits per heavy atom. The molecule has 0 aromatic heterocycles. The number of ketones is 1. The first kappa shape index (κ1) is 13.3. The van der Waals surface area contributed by atoms with Crippen molar-refractivity contribution in [3.8, 4) is 0 Å². The number of hydrogen-bond acceptors (Lipinski definition) is 4. The highest BCUT2D eigenvalue weighted by molar-refractivity contribution is 6.00. The molecule has 1 aromatic carbocycles.